The number of aromatic nitrogens is 2. The smallest absolute Gasteiger partial charge is 0.278 e. The van der Waals surface area contributed by atoms with Crippen LogP contribution in [-0.4, -0.2) is 28.0 Å². The van der Waals surface area contributed by atoms with E-state index in [0.29, 0.717) is 11.7 Å². The number of nitrogens with zero attached hydrogens (tertiary/aromatic N) is 4. The molecule has 140 valence electrons. The van der Waals surface area contributed by atoms with Crippen LogP contribution in [-0.2, 0) is 12.8 Å². The molecular weight excluding hydrogens is 348 g/mol. The van der Waals surface area contributed by atoms with Gasteiger partial charge in [-0.2, -0.15) is 0 Å². The van der Waals surface area contributed by atoms with E-state index in [-0.39, 0.29) is 11.9 Å². The van der Waals surface area contributed by atoms with Crippen molar-refractivity contribution in [1.29, 1.82) is 0 Å². The third kappa shape index (κ3) is 2.58. The maximum absolute atomic E-state index is 13.1. The van der Waals surface area contributed by atoms with Crippen LogP contribution in [0.5, 0.6) is 0 Å². The highest BCUT2D eigenvalue weighted by Gasteiger charge is 2.33. The lowest BCUT2D eigenvalue weighted by Crippen LogP contribution is -2.36. The molecule has 0 saturated heterocycles. The molecule has 2 aromatic carbocycles. The van der Waals surface area contributed by atoms with Gasteiger partial charge < -0.3 is 9.80 Å². The lowest BCUT2D eigenvalue weighted by Gasteiger charge is -2.24. The Morgan fingerprint density at radius 2 is 1.50 bits per heavy atom. The van der Waals surface area contributed by atoms with E-state index >= 15 is 0 Å². The summed E-state index contributed by atoms with van der Waals surface area (Å²) in [5.74, 6) is 0.690. The van der Waals surface area contributed by atoms with Gasteiger partial charge in [-0.05, 0) is 49.9 Å². The minimum absolute atomic E-state index is 0.0913. The molecule has 5 nitrogen and oxygen atoms in total. The van der Waals surface area contributed by atoms with Crippen LogP contribution in [0, 0.1) is 0 Å². The zero-order chi connectivity index (χ0) is 19.3. The van der Waals surface area contributed by atoms with Crippen molar-refractivity contribution in [1.82, 2.24) is 9.97 Å². The molecule has 1 amide bonds. The number of anilines is 3. The van der Waals surface area contributed by atoms with Crippen molar-refractivity contribution in [3.8, 4) is 0 Å². The second kappa shape index (κ2) is 6.44. The molecule has 0 aliphatic carbocycles. The van der Waals surface area contributed by atoms with Crippen molar-refractivity contribution in [2.75, 3.05) is 9.80 Å². The summed E-state index contributed by atoms with van der Waals surface area (Å²) in [5, 5.41) is 0. The van der Waals surface area contributed by atoms with Crippen molar-refractivity contribution in [3.05, 3.63) is 77.7 Å². The summed E-state index contributed by atoms with van der Waals surface area (Å²) in [6.45, 7) is 4.26. The Bertz CT molecular complexity index is 1050. The van der Waals surface area contributed by atoms with E-state index in [4.69, 9.17) is 0 Å². The van der Waals surface area contributed by atoms with Crippen LogP contribution >= 0.6 is 0 Å². The predicted molar refractivity (Wildman–Crippen MR) is 110 cm³/mol. The van der Waals surface area contributed by atoms with Gasteiger partial charge in [0, 0.05) is 23.5 Å². The number of carbonyl (C=O) groups excluding carboxylic acids is 1. The average molecular weight is 370 g/mol. The fourth-order valence-electron chi connectivity index (χ4n) is 4.47. The third-order valence-electron chi connectivity index (χ3n) is 5.74. The van der Waals surface area contributed by atoms with E-state index in [9.17, 15) is 4.79 Å². The minimum atomic E-state index is -0.0913. The summed E-state index contributed by atoms with van der Waals surface area (Å²) < 4.78 is 0. The number of hydrogen-bond acceptors (Lipinski definition) is 4. The molecule has 3 aromatic rings. The summed E-state index contributed by atoms with van der Waals surface area (Å²) in [4.78, 5) is 26.3. The Kier molecular flexibility index (Phi) is 3.90. The van der Waals surface area contributed by atoms with E-state index in [1.165, 1.54) is 16.8 Å². The van der Waals surface area contributed by atoms with Gasteiger partial charge in [-0.15, -0.1) is 0 Å². The molecule has 1 aromatic heterocycles. The van der Waals surface area contributed by atoms with Crippen molar-refractivity contribution >= 4 is 23.1 Å². The van der Waals surface area contributed by atoms with Gasteiger partial charge in [0.25, 0.3) is 5.91 Å². The van der Waals surface area contributed by atoms with Gasteiger partial charge in [-0.25, -0.2) is 9.97 Å². The number of amides is 1. The Morgan fingerprint density at radius 3 is 2.21 bits per heavy atom. The molecule has 5 rings (SSSR count). The molecule has 0 saturated carbocycles. The number of carbonyl (C=O) groups is 1. The van der Waals surface area contributed by atoms with E-state index < -0.39 is 0 Å². The Labute approximate surface area is 164 Å². The lowest BCUT2D eigenvalue weighted by atomic mass is 10.1. The highest BCUT2D eigenvalue weighted by atomic mass is 16.2. The summed E-state index contributed by atoms with van der Waals surface area (Å²) in [7, 11) is 0. The molecule has 0 N–H and O–H groups in total. The van der Waals surface area contributed by atoms with Crippen LogP contribution in [0.25, 0.3) is 0 Å². The molecule has 28 heavy (non-hydrogen) atoms. The van der Waals surface area contributed by atoms with Crippen molar-refractivity contribution < 1.29 is 4.79 Å². The van der Waals surface area contributed by atoms with Crippen molar-refractivity contribution in [3.63, 3.8) is 0 Å². The topological polar surface area (TPSA) is 49.3 Å². The van der Waals surface area contributed by atoms with E-state index in [1.807, 2.05) is 29.2 Å². The molecule has 0 spiro atoms. The first-order chi connectivity index (χ1) is 13.6. The second-order valence-corrected chi connectivity index (χ2v) is 7.67. The molecule has 5 heteroatoms. The zero-order valence-electron chi connectivity index (χ0n) is 16.0. The Balaban J connectivity index is 1.44. The Morgan fingerprint density at radius 1 is 0.857 bits per heavy atom. The third-order valence-corrected chi connectivity index (χ3v) is 5.74. The number of fused-ring (bicyclic) bond motifs is 2. The molecule has 0 radical (unpaired) electrons. The highest BCUT2D eigenvalue weighted by molar-refractivity contribution is 6.06. The average Bonchev–Trinajstić information content (AvgIpc) is 3.22. The standard InChI is InChI=1S/C23H22N4O/c1-15-11-17-7-3-5-9-20(17)26(15)22-14-24-19(13-25-22)23(28)27-16(2)12-18-8-4-6-10-21(18)27/h3-10,13-16H,11-12H2,1-2H3. The highest BCUT2D eigenvalue weighted by Crippen LogP contribution is 2.37. The van der Waals surface area contributed by atoms with Crippen LogP contribution in [0.3, 0.4) is 0 Å². The summed E-state index contributed by atoms with van der Waals surface area (Å²) >= 11 is 0. The summed E-state index contributed by atoms with van der Waals surface area (Å²) in [6.07, 6.45) is 5.19. The molecule has 2 atom stereocenters. The maximum Gasteiger partial charge on any atom is 0.278 e. The number of rotatable bonds is 2. The molecular formula is C23H22N4O. The monoisotopic (exact) mass is 370 g/mol. The number of hydrogen-bond donors (Lipinski definition) is 0. The fourth-order valence-corrected chi connectivity index (χ4v) is 4.47. The van der Waals surface area contributed by atoms with Crippen molar-refractivity contribution in [2.45, 2.75) is 38.8 Å². The quantitative estimate of drug-likeness (QED) is 0.680. The first-order valence-corrected chi connectivity index (χ1v) is 9.74. The van der Waals surface area contributed by atoms with E-state index in [0.717, 1.165) is 24.3 Å². The van der Waals surface area contributed by atoms with Crippen LogP contribution in [0.15, 0.2) is 60.9 Å². The largest absolute Gasteiger partial charge is 0.322 e. The van der Waals surface area contributed by atoms with Gasteiger partial charge in [0.15, 0.2) is 5.82 Å². The number of para-hydroxylation sites is 2. The normalized spacial score (nSPS) is 20.2. The molecule has 0 fully saturated rings. The van der Waals surface area contributed by atoms with Gasteiger partial charge in [0.2, 0.25) is 0 Å². The SMILES string of the molecule is CC1Cc2ccccc2N1C(=O)c1cnc(N2c3ccccc3CC2C)cn1. The maximum atomic E-state index is 13.1. The first-order valence-electron chi connectivity index (χ1n) is 9.74. The fraction of sp³-hybridized carbons (Fsp3) is 0.261. The molecule has 2 aliphatic heterocycles. The summed E-state index contributed by atoms with van der Waals surface area (Å²) in [6, 6.07) is 16.9. The van der Waals surface area contributed by atoms with Gasteiger partial charge in [0.1, 0.15) is 5.69 Å². The van der Waals surface area contributed by atoms with Gasteiger partial charge in [0.05, 0.1) is 12.4 Å². The van der Waals surface area contributed by atoms with E-state index in [1.54, 1.807) is 12.4 Å². The number of benzene rings is 2. The molecule has 2 unspecified atom stereocenters. The molecule has 3 heterocycles. The van der Waals surface area contributed by atoms with Crippen LogP contribution < -0.4 is 9.80 Å². The van der Waals surface area contributed by atoms with Gasteiger partial charge in [-0.1, -0.05) is 36.4 Å². The van der Waals surface area contributed by atoms with Crippen LogP contribution in [0.1, 0.15) is 35.5 Å². The van der Waals surface area contributed by atoms with Gasteiger partial charge >= 0.3 is 0 Å². The minimum Gasteiger partial charge on any atom is -0.322 e. The van der Waals surface area contributed by atoms with Crippen molar-refractivity contribution in [2.24, 2.45) is 0 Å². The van der Waals surface area contributed by atoms with Crippen LogP contribution in [0.2, 0.25) is 0 Å². The second-order valence-electron chi connectivity index (χ2n) is 7.67. The molecule has 0 bridgehead atoms. The first kappa shape index (κ1) is 16.9. The summed E-state index contributed by atoms with van der Waals surface area (Å²) in [5.41, 5.74) is 5.06. The zero-order valence-corrected chi connectivity index (χ0v) is 16.0. The van der Waals surface area contributed by atoms with E-state index in [2.05, 4.69) is 53.0 Å². The predicted octanol–water partition coefficient (Wildman–Crippen LogP) is 4.15. The molecule has 2 aliphatic rings. The van der Waals surface area contributed by atoms with Gasteiger partial charge in [-0.3, -0.25) is 4.79 Å². The Hall–Kier alpha value is -3.21. The van der Waals surface area contributed by atoms with Crippen LogP contribution in [0.4, 0.5) is 17.2 Å². The lowest BCUT2D eigenvalue weighted by molar-refractivity contribution is 0.0976.